The summed E-state index contributed by atoms with van der Waals surface area (Å²) in [6, 6.07) is 22.8. The molecule has 0 fully saturated rings. The van der Waals surface area contributed by atoms with Crippen LogP contribution in [-0.2, 0) is 0 Å². The highest BCUT2D eigenvalue weighted by Crippen LogP contribution is 2.35. The van der Waals surface area contributed by atoms with Gasteiger partial charge in [-0.15, -0.1) is 0 Å². The molecular formula is C19H13BrO2. The number of carboxylic acid groups (broad SMARTS) is 1. The number of aromatic carboxylic acids is 1. The fraction of sp³-hybridized carbons (Fsp3) is 0. The fourth-order valence-electron chi connectivity index (χ4n) is 2.53. The van der Waals surface area contributed by atoms with Crippen molar-refractivity contribution < 1.29 is 9.90 Å². The van der Waals surface area contributed by atoms with Crippen molar-refractivity contribution in [2.75, 3.05) is 0 Å². The van der Waals surface area contributed by atoms with Crippen LogP contribution in [0.3, 0.4) is 0 Å². The van der Waals surface area contributed by atoms with E-state index in [0.717, 1.165) is 15.6 Å². The van der Waals surface area contributed by atoms with E-state index in [1.165, 1.54) is 0 Å². The van der Waals surface area contributed by atoms with Crippen LogP contribution in [0.5, 0.6) is 0 Å². The van der Waals surface area contributed by atoms with E-state index in [-0.39, 0.29) is 0 Å². The third-order valence-corrected chi connectivity index (χ3v) is 3.94. The Kier molecular flexibility index (Phi) is 4.07. The second kappa shape index (κ2) is 6.16. The summed E-state index contributed by atoms with van der Waals surface area (Å²) in [4.78, 5) is 11.9. The number of hydrogen-bond donors (Lipinski definition) is 1. The average Bonchev–Trinajstić information content (AvgIpc) is 2.55. The lowest BCUT2D eigenvalue weighted by molar-refractivity contribution is 0.0698. The van der Waals surface area contributed by atoms with Crippen LogP contribution in [-0.4, -0.2) is 11.1 Å². The molecule has 3 aromatic carbocycles. The molecular weight excluding hydrogens is 340 g/mol. The van der Waals surface area contributed by atoms with Gasteiger partial charge in [0.05, 0.1) is 5.56 Å². The van der Waals surface area contributed by atoms with Crippen molar-refractivity contribution in [1.29, 1.82) is 0 Å². The largest absolute Gasteiger partial charge is 0.478 e. The summed E-state index contributed by atoms with van der Waals surface area (Å²) in [5, 5.41) is 9.74. The average molecular weight is 353 g/mol. The van der Waals surface area contributed by atoms with Gasteiger partial charge in [0.2, 0.25) is 0 Å². The first-order chi connectivity index (χ1) is 10.7. The smallest absolute Gasteiger partial charge is 0.336 e. The standard InChI is InChI=1S/C19H13BrO2/c20-15-11-16(13-7-3-1-4-8-13)18(19(21)22)17(12-15)14-9-5-2-6-10-14/h1-12H,(H,21,22). The van der Waals surface area contributed by atoms with E-state index in [1.807, 2.05) is 72.8 Å². The maximum Gasteiger partial charge on any atom is 0.336 e. The third kappa shape index (κ3) is 2.81. The van der Waals surface area contributed by atoms with Crippen molar-refractivity contribution in [1.82, 2.24) is 0 Å². The van der Waals surface area contributed by atoms with E-state index in [4.69, 9.17) is 0 Å². The molecule has 3 heteroatoms. The highest BCUT2D eigenvalue weighted by atomic mass is 79.9. The maximum atomic E-state index is 11.9. The van der Waals surface area contributed by atoms with Gasteiger partial charge in [-0.1, -0.05) is 76.6 Å². The Balaban J connectivity index is 2.32. The number of halogens is 1. The van der Waals surface area contributed by atoms with E-state index in [2.05, 4.69) is 15.9 Å². The topological polar surface area (TPSA) is 37.3 Å². The number of carbonyl (C=O) groups is 1. The predicted molar refractivity (Wildman–Crippen MR) is 92.0 cm³/mol. The predicted octanol–water partition coefficient (Wildman–Crippen LogP) is 5.48. The van der Waals surface area contributed by atoms with Crippen LogP contribution in [0.1, 0.15) is 10.4 Å². The van der Waals surface area contributed by atoms with Gasteiger partial charge in [-0.25, -0.2) is 4.79 Å². The first-order valence-corrected chi connectivity index (χ1v) is 7.64. The van der Waals surface area contributed by atoms with Gasteiger partial charge in [0, 0.05) is 4.47 Å². The zero-order chi connectivity index (χ0) is 15.5. The second-order valence-electron chi connectivity index (χ2n) is 4.91. The highest BCUT2D eigenvalue weighted by molar-refractivity contribution is 9.10. The molecule has 0 radical (unpaired) electrons. The summed E-state index contributed by atoms with van der Waals surface area (Å²) in [5.74, 6) is -0.926. The Morgan fingerprint density at radius 2 is 1.18 bits per heavy atom. The Morgan fingerprint density at radius 1 is 0.773 bits per heavy atom. The van der Waals surface area contributed by atoms with Crippen molar-refractivity contribution >= 4 is 21.9 Å². The first kappa shape index (κ1) is 14.5. The first-order valence-electron chi connectivity index (χ1n) is 6.84. The molecule has 0 saturated heterocycles. The number of benzene rings is 3. The molecule has 108 valence electrons. The van der Waals surface area contributed by atoms with Crippen molar-refractivity contribution in [3.63, 3.8) is 0 Å². The molecule has 22 heavy (non-hydrogen) atoms. The van der Waals surface area contributed by atoms with Crippen LogP contribution in [0.15, 0.2) is 77.3 Å². The van der Waals surface area contributed by atoms with Gasteiger partial charge in [-0.2, -0.15) is 0 Å². The lowest BCUT2D eigenvalue weighted by atomic mass is 9.92. The summed E-state index contributed by atoms with van der Waals surface area (Å²) < 4.78 is 0.857. The minimum atomic E-state index is -0.926. The molecule has 0 amide bonds. The monoisotopic (exact) mass is 352 g/mol. The minimum Gasteiger partial charge on any atom is -0.478 e. The molecule has 0 unspecified atom stereocenters. The van der Waals surface area contributed by atoms with E-state index >= 15 is 0 Å². The van der Waals surface area contributed by atoms with Crippen molar-refractivity contribution in [3.8, 4) is 22.3 Å². The molecule has 0 spiro atoms. The summed E-state index contributed by atoms with van der Waals surface area (Å²) in [6.45, 7) is 0. The van der Waals surface area contributed by atoms with Crippen LogP contribution in [0.25, 0.3) is 22.3 Å². The van der Waals surface area contributed by atoms with Gasteiger partial charge in [0.25, 0.3) is 0 Å². The molecule has 0 aromatic heterocycles. The lowest BCUT2D eigenvalue weighted by Gasteiger charge is -2.13. The van der Waals surface area contributed by atoms with Crippen molar-refractivity contribution in [2.24, 2.45) is 0 Å². The Morgan fingerprint density at radius 3 is 1.55 bits per heavy atom. The summed E-state index contributed by atoms with van der Waals surface area (Å²) in [5.41, 5.74) is 3.51. The summed E-state index contributed by atoms with van der Waals surface area (Å²) in [7, 11) is 0. The fourth-order valence-corrected chi connectivity index (χ4v) is 2.99. The van der Waals surface area contributed by atoms with Crippen molar-refractivity contribution in [2.45, 2.75) is 0 Å². The second-order valence-corrected chi connectivity index (χ2v) is 5.83. The summed E-state index contributed by atoms with van der Waals surface area (Å²) in [6.07, 6.45) is 0. The zero-order valence-electron chi connectivity index (χ0n) is 11.7. The number of carboxylic acids is 1. The molecule has 3 rings (SSSR count). The third-order valence-electron chi connectivity index (χ3n) is 3.49. The van der Waals surface area contributed by atoms with Gasteiger partial charge in [0.15, 0.2) is 0 Å². The molecule has 0 atom stereocenters. The minimum absolute atomic E-state index is 0.320. The molecule has 0 aliphatic heterocycles. The molecule has 0 aliphatic rings. The quantitative estimate of drug-likeness (QED) is 0.677. The highest BCUT2D eigenvalue weighted by Gasteiger charge is 2.19. The molecule has 0 bridgehead atoms. The van der Waals surface area contributed by atoms with E-state index in [1.54, 1.807) is 0 Å². The van der Waals surface area contributed by atoms with Gasteiger partial charge < -0.3 is 5.11 Å². The van der Waals surface area contributed by atoms with E-state index in [9.17, 15) is 9.90 Å². The lowest BCUT2D eigenvalue weighted by Crippen LogP contribution is -2.03. The van der Waals surface area contributed by atoms with Crippen LogP contribution in [0.2, 0.25) is 0 Å². The SMILES string of the molecule is O=C(O)c1c(-c2ccccc2)cc(Br)cc1-c1ccccc1. The van der Waals surface area contributed by atoms with Crippen LogP contribution >= 0.6 is 15.9 Å². The van der Waals surface area contributed by atoms with Gasteiger partial charge in [-0.05, 0) is 34.4 Å². The Hall–Kier alpha value is -2.39. The van der Waals surface area contributed by atoms with Gasteiger partial charge >= 0.3 is 5.97 Å². The Labute approximate surface area is 137 Å². The number of rotatable bonds is 3. The van der Waals surface area contributed by atoms with E-state index < -0.39 is 5.97 Å². The van der Waals surface area contributed by atoms with E-state index in [0.29, 0.717) is 16.7 Å². The molecule has 3 aromatic rings. The maximum absolute atomic E-state index is 11.9. The Bertz CT molecular complexity index is 751. The molecule has 2 nitrogen and oxygen atoms in total. The van der Waals surface area contributed by atoms with Gasteiger partial charge in [0.1, 0.15) is 0 Å². The molecule has 0 heterocycles. The van der Waals surface area contributed by atoms with Crippen LogP contribution in [0, 0.1) is 0 Å². The zero-order valence-corrected chi connectivity index (χ0v) is 13.2. The van der Waals surface area contributed by atoms with Crippen molar-refractivity contribution in [3.05, 3.63) is 82.8 Å². The normalized spacial score (nSPS) is 10.4. The van der Waals surface area contributed by atoms with Crippen LogP contribution < -0.4 is 0 Å². The van der Waals surface area contributed by atoms with Crippen LogP contribution in [0.4, 0.5) is 0 Å². The molecule has 0 aliphatic carbocycles. The summed E-state index contributed by atoms with van der Waals surface area (Å²) >= 11 is 3.50. The number of hydrogen-bond acceptors (Lipinski definition) is 1. The molecule has 0 saturated carbocycles. The van der Waals surface area contributed by atoms with Gasteiger partial charge in [-0.3, -0.25) is 0 Å². The molecule has 1 N–H and O–H groups in total.